The maximum atomic E-state index is 2.44. The van der Waals surface area contributed by atoms with Gasteiger partial charge in [-0.15, -0.1) is 11.3 Å². The van der Waals surface area contributed by atoms with Crippen molar-refractivity contribution >= 4 is 87.2 Å². The van der Waals surface area contributed by atoms with E-state index in [1.165, 1.54) is 75.5 Å². The Bertz CT molecular complexity index is 2670. The van der Waals surface area contributed by atoms with Crippen molar-refractivity contribution in [2.24, 2.45) is 0 Å². The number of rotatable bonds is 6. The lowest BCUT2D eigenvalue weighted by Gasteiger charge is -2.29. The predicted octanol–water partition coefficient (Wildman–Crippen LogP) is 14.2. The second kappa shape index (κ2) is 12.2. The van der Waals surface area contributed by atoms with Crippen LogP contribution in [0.3, 0.4) is 0 Å². The molecule has 1 heterocycles. The number of benzene rings is 8. The molecule has 3 heteroatoms. The van der Waals surface area contributed by atoms with Crippen LogP contribution in [0.4, 0.5) is 34.1 Å². The Labute approximate surface area is 297 Å². The quantitative estimate of drug-likeness (QED) is 0.175. The average Bonchev–Trinajstić information content (AvgIpc) is 3.53. The van der Waals surface area contributed by atoms with Crippen molar-refractivity contribution in [3.63, 3.8) is 0 Å². The number of fused-ring (bicyclic) bond motifs is 7. The number of hydrogen-bond acceptors (Lipinski definition) is 3. The Hall–Kier alpha value is -5.90. The Morgan fingerprint density at radius 2 is 0.900 bits per heavy atom. The molecule has 0 spiro atoms. The summed E-state index contributed by atoms with van der Waals surface area (Å²) in [6, 6.07) is 59.9. The smallest absolute Gasteiger partial charge is 0.0554 e. The Balaban J connectivity index is 1.37. The third-order valence-electron chi connectivity index (χ3n) is 9.84. The van der Waals surface area contributed by atoms with Crippen LogP contribution < -0.4 is 9.80 Å². The lowest BCUT2D eigenvalue weighted by molar-refractivity contribution is 1.25. The van der Waals surface area contributed by atoms with Crippen molar-refractivity contribution in [1.29, 1.82) is 0 Å². The van der Waals surface area contributed by atoms with Crippen LogP contribution >= 0.6 is 11.3 Å². The molecule has 0 aliphatic rings. The molecule has 0 aliphatic carbocycles. The first-order valence-corrected chi connectivity index (χ1v) is 18.0. The second-order valence-corrected chi connectivity index (χ2v) is 14.3. The molecule has 0 aliphatic heterocycles. The van der Waals surface area contributed by atoms with E-state index in [9.17, 15) is 0 Å². The minimum atomic E-state index is 1.14. The summed E-state index contributed by atoms with van der Waals surface area (Å²) in [7, 11) is 0. The highest BCUT2D eigenvalue weighted by molar-refractivity contribution is 7.27. The SMILES string of the molecule is Cc1ccc(N(c2ccccc2)c2cc3c(sc4cc(N(c5ccccc5)c5ccc(C)cc5C)c5ccccc5c43)c3ccccc23)cc1. The molecule has 0 N–H and O–H groups in total. The van der Waals surface area contributed by atoms with Crippen molar-refractivity contribution in [2.75, 3.05) is 9.80 Å². The van der Waals surface area contributed by atoms with Crippen LogP contribution in [0.2, 0.25) is 0 Å². The van der Waals surface area contributed by atoms with E-state index < -0.39 is 0 Å². The zero-order valence-electron chi connectivity index (χ0n) is 28.4. The molecule has 0 amide bonds. The summed E-state index contributed by atoms with van der Waals surface area (Å²) in [4.78, 5) is 4.86. The monoisotopic (exact) mass is 660 g/mol. The van der Waals surface area contributed by atoms with Crippen LogP contribution in [-0.4, -0.2) is 0 Å². The molecule has 0 radical (unpaired) electrons. The van der Waals surface area contributed by atoms with Crippen LogP contribution in [-0.2, 0) is 0 Å². The highest BCUT2D eigenvalue weighted by Crippen LogP contribution is 2.50. The van der Waals surface area contributed by atoms with Gasteiger partial charge in [0.2, 0.25) is 0 Å². The Kier molecular flexibility index (Phi) is 7.37. The minimum Gasteiger partial charge on any atom is -0.310 e. The van der Waals surface area contributed by atoms with Gasteiger partial charge in [0.1, 0.15) is 0 Å². The molecule has 0 atom stereocenters. The molecule has 1 aromatic heterocycles. The van der Waals surface area contributed by atoms with Gasteiger partial charge >= 0.3 is 0 Å². The van der Waals surface area contributed by atoms with Gasteiger partial charge in [0, 0.05) is 59.1 Å². The van der Waals surface area contributed by atoms with Gasteiger partial charge < -0.3 is 9.80 Å². The molecule has 2 nitrogen and oxygen atoms in total. The number of thiophene rings is 1. The topological polar surface area (TPSA) is 6.48 Å². The zero-order chi connectivity index (χ0) is 33.8. The Morgan fingerprint density at radius 3 is 1.56 bits per heavy atom. The number of para-hydroxylation sites is 2. The standard InChI is InChI=1S/C47H36N2S/c1-31-22-25-36(26-23-31)48(34-14-6-4-7-15-34)43-29-41-46-39-20-12-10-18-37(39)44(30-45(46)50-47(41)40-21-13-11-19-38(40)43)49(35-16-8-5-9-17-35)42-27-24-32(2)28-33(42)3/h4-30H,1-3H3. The minimum absolute atomic E-state index is 1.14. The number of aryl methyl sites for hydroxylation is 3. The molecule has 240 valence electrons. The normalized spacial score (nSPS) is 11.5. The molecule has 0 bridgehead atoms. The first-order valence-electron chi connectivity index (χ1n) is 17.2. The molecule has 0 fully saturated rings. The van der Waals surface area contributed by atoms with Gasteiger partial charge in [-0.25, -0.2) is 0 Å². The molecular formula is C47H36N2S. The van der Waals surface area contributed by atoms with E-state index in [1.54, 1.807) is 0 Å². The second-order valence-electron chi connectivity index (χ2n) is 13.2. The van der Waals surface area contributed by atoms with Gasteiger partial charge in [-0.3, -0.25) is 0 Å². The maximum Gasteiger partial charge on any atom is 0.0554 e. The molecule has 9 aromatic rings. The summed E-state index contributed by atoms with van der Waals surface area (Å²) < 4.78 is 2.60. The molecular weight excluding hydrogens is 625 g/mol. The van der Waals surface area contributed by atoms with Gasteiger partial charge in [-0.2, -0.15) is 0 Å². The van der Waals surface area contributed by atoms with Gasteiger partial charge in [0.05, 0.1) is 11.4 Å². The van der Waals surface area contributed by atoms with Crippen molar-refractivity contribution in [3.05, 3.63) is 180 Å². The third-order valence-corrected chi connectivity index (χ3v) is 11.0. The van der Waals surface area contributed by atoms with Crippen LogP contribution in [0.5, 0.6) is 0 Å². The lowest BCUT2D eigenvalue weighted by Crippen LogP contribution is -2.12. The lowest BCUT2D eigenvalue weighted by atomic mass is 9.97. The first kappa shape index (κ1) is 30.2. The first-order chi connectivity index (χ1) is 24.5. The van der Waals surface area contributed by atoms with E-state index in [0.717, 1.165) is 17.1 Å². The van der Waals surface area contributed by atoms with Crippen LogP contribution in [0.25, 0.3) is 41.7 Å². The molecule has 0 saturated carbocycles. The highest BCUT2D eigenvalue weighted by Gasteiger charge is 2.23. The van der Waals surface area contributed by atoms with E-state index >= 15 is 0 Å². The summed E-state index contributed by atoms with van der Waals surface area (Å²) in [5.41, 5.74) is 10.8. The van der Waals surface area contributed by atoms with Crippen molar-refractivity contribution < 1.29 is 0 Å². The number of anilines is 6. The molecule has 8 aromatic carbocycles. The third kappa shape index (κ3) is 5.01. The predicted molar refractivity (Wildman–Crippen MR) is 218 cm³/mol. The fourth-order valence-corrected chi connectivity index (χ4v) is 8.81. The van der Waals surface area contributed by atoms with Gasteiger partial charge in [-0.05, 0) is 86.3 Å². The van der Waals surface area contributed by atoms with E-state index in [1.807, 2.05) is 11.3 Å². The average molecular weight is 661 g/mol. The van der Waals surface area contributed by atoms with Crippen molar-refractivity contribution in [1.82, 2.24) is 0 Å². The van der Waals surface area contributed by atoms with E-state index in [-0.39, 0.29) is 0 Å². The van der Waals surface area contributed by atoms with Crippen molar-refractivity contribution in [2.45, 2.75) is 20.8 Å². The summed E-state index contributed by atoms with van der Waals surface area (Å²) in [5, 5.41) is 7.60. The fourth-order valence-electron chi connectivity index (χ4n) is 7.53. The highest BCUT2D eigenvalue weighted by atomic mass is 32.1. The fraction of sp³-hybridized carbons (Fsp3) is 0.0638. The van der Waals surface area contributed by atoms with Crippen LogP contribution in [0, 0.1) is 20.8 Å². The Morgan fingerprint density at radius 1 is 0.380 bits per heavy atom. The van der Waals surface area contributed by atoms with Crippen LogP contribution in [0.1, 0.15) is 16.7 Å². The summed E-state index contributed by atoms with van der Waals surface area (Å²) in [6.07, 6.45) is 0. The molecule has 50 heavy (non-hydrogen) atoms. The number of hydrogen-bond donors (Lipinski definition) is 0. The summed E-state index contributed by atoms with van der Waals surface area (Å²) in [6.45, 7) is 6.53. The van der Waals surface area contributed by atoms with E-state index in [4.69, 9.17) is 0 Å². The van der Waals surface area contributed by atoms with Gasteiger partial charge in [0.15, 0.2) is 0 Å². The maximum absolute atomic E-state index is 2.44. The zero-order valence-corrected chi connectivity index (χ0v) is 29.2. The molecule has 9 rings (SSSR count). The van der Waals surface area contributed by atoms with Crippen LogP contribution in [0.15, 0.2) is 164 Å². The molecule has 0 saturated heterocycles. The number of nitrogens with zero attached hydrogens (tertiary/aromatic N) is 2. The van der Waals surface area contributed by atoms with E-state index in [0.29, 0.717) is 0 Å². The van der Waals surface area contributed by atoms with Gasteiger partial charge in [0.25, 0.3) is 0 Å². The summed E-state index contributed by atoms with van der Waals surface area (Å²) in [5.74, 6) is 0. The van der Waals surface area contributed by atoms with E-state index in [2.05, 4.69) is 194 Å². The largest absolute Gasteiger partial charge is 0.310 e. The van der Waals surface area contributed by atoms with Crippen molar-refractivity contribution in [3.8, 4) is 0 Å². The molecule has 0 unspecified atom stereocenters. The summed E-state index contributed by atoms with van der Waals surface area (Å²) >= 11 is 1.90. The van der Waals surface area contributed by atoms with Gasteiger partial charge in [-0.1, -0.05) is 120 Å².